The lowest BCUT2D eigenvalue weighted by molar-refractivity contribution is 0.0520. The maximum Gasteiger partial charge on any atom is 0.354 e. The van der Waals surface area contributed by atoms with Crippen LogP contribution in [0.25, 0.3) is 10.9 Å². The summed E-state index contributed by atoms with van der Waals surface area (Å²) >= 11 is 1.51. The number of hydrogen-bond acceptors (Lipinski definition) is 4. The van der Waals surface area contributed by atoms with Crippen LogP contribution in [0.15, 0.2) is 24.3 Å². The van der Waals surface area contributed by atoms with Gasteiger partial charge in [-0.2, -0.15) is 0 Å². The molecule has 0 aliphatic carbocycles. The third-order valence-electron chi connectivity index (χ3n) is 2.36. The first-order chi connectivity index (χ1) is 8.26. The van der Waals surface area contributed by atoms with Crippen molar-refractivity contribution in [2.24, 2.45) is 0 Å². The highest BCUT2D eigenvalue weighted by atomic mass is 32.2. The van der Waals surface area contributed by atoms with Gasteiger partial charge in [-0.3, -0.25) is 0 Å². The smallest absolute Gasteiger partial charge is 0.354 e. The van der Waals surface area contributed by atoms with Gasteiger partial charge in [-0.05, 0) is 19.1 Å². The van der Waals surface area contributed by atoms with Gasteiger partial charge in [-0.1, -0.05) is 24.1 Å². The second-order valence-corrected chi connectivity index (χ2v) is 4.09. The number of ether oxygens (including phenoxy) is 1. The topological polar surface area (TPSA) is 54.1 Å². The van der Waals surface area contributed by atoms with Crippen LogP contribution in [-0.2, 0) is 4.74 Å². The summed E-state index contributed by atoms with van der Waals surface area (Å²) in [5, 5.41) is 0.993. The number of nitrogens with one attached hydrogen (secondary N) is 2. The van der Waals surface area contributed by atoms with Crippen LogP contribution < -0.4 is 4.72 Å². The van der Waals surface area contributed by atoms with E-state index in [0.29, 0.717) is 12.3 Å². The van der Waals surface area contributed by atoms with Crippen LogP contribution in [0.1, 0.15) is 17.4 Å². The summed E-state index contributed by atoms with van der Waals surface area (Å²) < 4.78 is 8.13. The van der Waals surface area contributed by atoms with E-state index in [1.165, 1.54) is 11.9 Å². The van der Waals surface area contributed by atoms with Crippen molar-refractivity contribution in [2.75, 3.05) is 17.6 Å². The average Bonchev–Trinajstić information content (AvgIpc) is 2.75. The number of esters is 1. The number of carbonyl (C=O) groups excluding carboxylic acids is 1. The maximum atomic E-state index is 11.6. The number of rotatable bonds is 4. The van der Waals surface area contributed by atoms with Gasteiger partial charge in [0.1, 0.15) is 5.69 Å². The Labute approximate surface area is 104 Å². The Morgan fingerprint density at radius 2 is 2.35 bits per heavy atom. The van der Waals surface area contributed by atoms with Crippen molar-refractivity contribution in [3.63, 3.8) is 0 Å². The highest BCUT2D eigenvalue weighted by Gasteiger charge is 2.11. The Balaban J connectivity index is 2.42. The molecule has 17 heavy (non-hydrogen) atoms. The third kappa shape index (κ3) is 2.39. The molecule has 2 rings (SSSR count). The maximum absolute atomic E-state index is 11.6. The van der Waals surface area contributed by atoms with Crippen LogP contribution in [0.5, 0.6) is 0 Å². The van der Waals surface area contributed by atoms with Crippen molar-refractivity contribution >= 4 is 34.5 Å². The minimum Gasteiger partial charge on any atom is -0.461 e. The molecule has 2 aromatic rings. The molecule has 1 heterocycles. The minimum atomic E-state index is -0.321. The molecule has 0 fully saturated rings. The second kappa shape index (κ2) is 5.14. The van der Waals surface area contributed by atoms with E-state index >= 15 is 0 Å². The fourth-order valence-corrected chi connectivity index (χ4v) is 2.06. The SMILES string of the molecule is CCOC(=O)c1cc2cccc(NSC)c2[nH]1. The van der Waals surface area contributed by atoms with Gasteiger partial charge in [0.15, 0.2) is 0 Å². The molecule has 1 aromatic heterocycles. The molecule has 0 unspecified atom stereocenters. The van der Waals surface area contributed by atoms with Crippen LogP contribution in [0.3, 0.4) is 0 Å². The highest BCUT2D eigenvalue weighted by molar-refractivity contribution is 7.99. The van der Waals surface area contributed by atoms with Crippen LogP contribution in [0.4, 0.5) is 5.69 Å². The van der Waals surface area contributed by atoms with Gasteiger partial charge in [0.05, 0.1) is 17.8 Å². The third-order valence-corrected chi connectivity index (χ3v) is 2.79. The zero-order valence-corrected chi connectivity index (χ0v) is 10.6. The largest absolute Gasteiger partial charge is 0.461 e. The molecule has 0 saturated heterocycles. The van der Waals surface area contributed by atoms with Crippen LogP contribution in [0.2, 0.25) is 0 Å². The van der Waals surface area contributed by atoms with Gasteiger partial charge in [-0.25, -0.2) is 4.79 Å². The second-order valence-electron chi connectivity index (χ2n) is 3.48. The van der Waals surface area contributed by atoms with Gasteiger partial charge >= 0.3 is 5.97 Å². The van der Waals surface area contributed by atoms with E-state index < -0.39 is 0 Å². The first-order valence-corrected chi connectivity index (χ1v) is 6.56. The zero-order valence-electron chi connectivity index (χ0n) is 9.74. The quantitative estimate of drug-likeness (QED) is 0.647. The number of carbonyl (C=O) groups is 1. The van der Waals surface area contributed by atoms with Crippen molar-refractivity contribution in [2.45, 2.75) is 6.92 Å². The fourth-order valence-electron chi connectivity index (χ4n) is 1.67. The lowest BCUT2D eigenvalue weighted by Crippen LogP contribution is -2.04. The van der Waals surface area contributed by atoms with Crippen molar-refractivity contribution < 1.29 is 9.53 Å². The molecule has 0 spiro atoms. The first-order valence-electron chi connectivity index (χ1n) is 5.34. The molecular weight excluding hydrogens is 236 g/mol. The van der Waals surface area contributed by atoms with Gasteiger partial charge in [0.2, 0.25) is 0 Å². The van der Waals surface area contributed by atoms with Crippen molar-refractivity contribution in [3.8, 4) is 0 Å². The summed E-state index contributed by atoms with van der Waals surface area (Å²) in [7, 11) is 0. The minimum absolute atomic E-state index is 0.321. The molecule has 0 aliphatic rings. The van der Waals surface area contributed by atoms with E-state index in [-0.39, 0.29) is 5.97 Å². The molecule has 4 nitrogen and oxygen atoms in total. The van der Waals surface area contributed by atoms with Crippen molar-refractivity contribution in [1.82, 2.24) is 4.98 Å². The molecule has 1 aromatic carbocycles. The molecule has 90 valence electrons. The normalized spacial score (nSPS) is 10.5. The number of aromatic nitrogens is 1. The van der Waals surface area contributed by atoms with Crippen LogP contribution in [0, 0.1) is 0 Å². The molecule has 0 saturated carbocycles. The number of para-hydroxylation sites is 1. The molecular formula is C12H14N2O2S. The summed E-state index contributed by atoms with van der Waals surface area (Å²) in [6, 6.07) is 7.67. The number of benzene rings is 1. The standard InChI is InChI=1S/C12H14N2O2S/c1-3-16-12(15)10-7-8-5-4-6-9(14-17-2)11(8)13-10/h4-7,13-14H,3H2,1-2H3. The number of fused-ring (bicyclic) bond motifs is 1. The molecule has 5 heteroatoms. The van der Waals surface area contributed by atoms with E-state index in [4.69, 9.17) is 4.74 Å². The Morgan fingerprint density at radius 1 is 1.53 bits per heavy atom. The highest BCUT2D eigenvalue weighted by Crippen LogP contribution is 2.25. The summed E-state index contributed by atoms with van der Waals surface area (Å²) in [4.78, 5) is 14.7. The molecule has 0 aliphatic heterocycles. The van der Waals surface area contributed by atoms with Crippen LogP contribution >= 0.6 is 11.9 Å². The molecule has 0 radical (unpaired) electrons. The molecule has 0 bridgehead atoms. The predicted octanol–water partition coefficient (Wildman–Crippen LogP) is 3.03. The van der Waals surface area contributed by atoms with Gasteiger partial charge < -0.3 is 14.4 Å². The summed E-state index contributed by atoms with van der Waals surface area (Å²) in [5.74, 6) is -0.321. The number of H-pyrrole nitrogens is 1. The van der Waals surface area contributed by atoms with Crippen LogP contribution in [-0.4, -0.2) is 23.8 Å². The van der Waals surface area contributed by atoms with E-state index in [1.54, 1.807) is 13.0 Å². The Bertz CT molecular complexity index is 536. The molecule has 2 N–H and O–H groups in total. The zero-order chi connectivity index (χ0) is 12.3. The fraction of sp³-hybridized carbons (Fsp3) is 0.250. The van der Waals surface area contributed by atoms with E-state index in [0.717, 1.165) is 16.6 Å². The summed E-state index contributed by atoms with van der Waals surface area (Å²) in [6.07, 6.45) is 1.95. The van der Waals surface area contributed by atoms with Gasteiger partial charge in [0, 0.05) is 11.6 Å². The summed E-state index contributed by atoms with van der Waals surface area (Å²) in [5.41, 5.74) is 2.37. The van der Waals surface area contributed by atoms with Crippen molar-refractivity contribution in [3.05, 3.63) is 30.0 Å². The Kier molecular flexibility index (Phi) is 3.58. The van der Waals surface area contributed by atoms with E-state index in [9.17, 15) is 4.79 Å². The monoisotopic (exact) mass is 250 g/mol. The average molecular weight is 250 g/mol. The predicted molar refractivity (Wildman–Crippen MR) is 71.4 cm³/mol. The first kappa shape index (κ1) is 11.9. The number of aromatic amines is 1. The summed E-state index contributed by atoms with van der Waals surface area (Å²) in [6.45, 7) is 2.17. The van der Waals surface area contributed by atoms with Gasteiger partial charge in [-0.15, -0.1) is 0 Å². The molecule has 0 atom stereocenters. The Morgan fingerprint density at radius 3 is 3.06 bits per heavy atom. The number of hydrogen-bond donors (Lipinski definition) is 2. The molecule has 0 amide bonds. The van der Waals surface area contributed by atoms with E-state index in [2.05, 4.69) is 9.71 Å². The van der Waals surface area contributed by atoms with Crippen molar-refractivity contribution in [1.29, 1.82) is 0 Å². The number of anilines is 1. The Hall–Kier alpha value is -1.62. The van der Waals surface area contributed by atoms with E-state index in [1.807, 2.05) is 24.5 Å². The lowest BCUT2D eigenvalue weighted by Gasteiger charge is -2.02. The lowest BCUT2D eigenvalue weighted by atomic mass is 10.2. The van der Waals surface area contributed by atoms with Gasteiger partial charge in [0.25, 0.3) is 0 Å².